The first-order chi connectivity index (χ1) is 12.6. The van der Waals surface area contributed by atoms with Crippen molar-refractivity contribution in [2.45, 2.75) is 17.3 Å². The molecule has 26 heavy (non-hydrogen) atoms. The van der Waals surface area contributed by atoms with Crippen molar-refractivity contribution in [2.75, 3.05) is 0 Å². The zero-order valence-corrected chi connectivity index (χ0v) is 15.3. The van der Waals surface area contributed by atoms with Crippen LogP contribution in [0.1, 0.15) is 17.3 Å². The number of benzene rings is 2. The Bertz CT molecular complexity index is 1070. The molecule has 5 nitrogen and oxygen atoms in total. The second-order valence-corrected chi connectivity index (χ2v) is 7.41. The average molecular weight is 362 g/mol. The molecular formula is C20H18N4OS. The first-order valence-corrected chi connectivity index (χ1v) is 9.25. The molecule has 4 aromatic rings. The van der Waals surface area contributed by atoms with Gasteiger partial charge in [-0.3, -0.25) is 4.79 Å². The second kappa shape index (κ2) is 6.80. The number of fused-ring (bicyclic) bond motifs is 1. The van der Waals surface area contributed by atoms with Crippen LogP contribution in [0, 0.1) is 0 Å². The largest absolute Gasteiger partial charge is 0.360 e. The molecule has 0 bridgehead atoms. The number of carbonyl (C=O) groups excluding carboxylic acids is 1. The van der Waals surface area contributed by atoms with Crippen molar-refractivity contribution in [2.24, 2.45) is 7.05 Å². The summed E-state index contributed by atoms with van der Waals surface area (Å²) in [6, 6.07) is 17.7. The molecule has 0 amide bonds. The second-order valence-electron chi connectivity index (χ2n) is 6.10. The fourth-order valence-electron chi connectivity index (χ4n) is 2.96. The van der Waals surface area contributed by atoms with Crippen molar-refractivity contribution in [1.29, 1.82) is 0 Å². The fraction of sp³-hybridized carbons (Fsp3) is 0.150. The lowest BCUT2D eigenvalue weighted by Gasteiger charge is -2.09. The van der Waals surface area contributed by atoms with Crippen LogP contribution in [0.4, 0.5) is 0 Å². The van der Waals surface area contributed by atoms with Gasteiger partial charge in [-0.15, -0.1) is 10.2 Å². The molecule has 6 heteroatoms. The topological polar surface area (TPSA) is 63.6 Å². The molecule has 2 aromatic carbocycles. The van der Waals surface area contributed by atoms with Crippen molar-refractivity contribution in [1.82, 2.24) is 19.7 Å². The van der Waals surface area contributed by atoms with Gasteiger partial charge in [0.05, 0.1) is 5.25 Å². The monoisotopic (exact) mass is 362 g/mol. The van der Waals surface area contributed by atoms with Gasteiger partial charge in [0, 0.05) is 35.3 Å². The fourth-order valence-corrected chi connectivity index (χ4v) is 3.84. The van der Waals surface area contributed by atoms with E-state index < -0.39 is 0 Å². The molecule has 1 unspecified atom stereocenters. The third kappa shape index (κ3) is 2.93. The summed E-state index contributed by atoms with van der Waals surface area (Å²) in [5, 5.41) is 9.97. The van der Waals surface area contributed by atoms with Crippen LogP contribution in [-0.4, -0.2) is 30.8 Å². The van der Waals surface area contributed by atoms with Crippen LogP contribution in [0.15, 0.2) is 66.0 Å². The van der Waals surface area contributed by atoms with Gasteiger partial charge < -0.3 is 9.55 Å². The maximum Gasteiger partial charge on any atom is 0.191 e. The van der Waals surface area contributed by atoms with Crippen molar-refractivity contribution in [3.63, 3.8) is 0 Å². The molecule has 1 N–H and O–H groups in total. The number of carbonyl (C=O) groups is 1. The molecule has 0 radical (unpaired) electrons. The third-order valence-corrected chi connectivity index (χ3v) is 5.51. The van der Waals surface area contributed by atoms with E-state index in [2.05, 4.69) is 15.2 Å². The molecular weight excluding hydrogens is 344 g/mol. The van der Waals surface area contributed by atoms with E-state index in [9.17, 15) is 4.79 Å². The summed E-state index contributed by atoms with van der Waals surface area (Å²) >= 11 is 1.43. The Morgan fingerprint density at radius 1 is 1.08 bits per heavy atom. The number of aromatic nitrogens is 4. The van der Waals surface area contributed by atoms with Crippen LogP contribution < -0.4 is 0 Å². The standard InChI is InChI=1S/C20H18N4OS/c1-13(18(25)16-12-21-17-11-7-6-10-15(16)17)26-20-23-22-19(24(20)2)14-8-4-3-5-9-14/h3-13,21H,1-2H3. The number of para-hydroxylation sites is 1. The molecule has 2 aromatic heterocycles. The normalized spacial score (nSPS) is 12.4. The lowest BCUT2D eigenvalue weighted by Crippen LogP contribution is -2.14. The van der Waals surface area contributed by atoms with Gasteiger partial charge in [0.15, 0.2) is 16.8 Å². The van der Waals surface area contributed by atoms with Gasteiger partial charge in [-0.05, 0) is 13.0 Å². The minimum absolute atomic E-state index is 0.0803. The molecule has 2 heterocycles. The number of rotatable bonds is 5. The lowest BCUT2D eigenvalue weighted by molar-refractivity contribution is 0.0995. The van der Waals surface area contributed by atoms with Crippen molar-refractivity contribution < 1.29 is 4.79 Å². The van der Waals surface area contributed by atoms with Crippen LogP contribution in [0.3, 0.4) is 0 Å². The summed E-state index contributed by atoms with van der Waals surface area (Å²) in [4.78, 5) is 16.1. The maximum atomic E-state index is 12.9. The summed E-state index contributed by atoms with van der Waals surface area (Å²) in [7, 11) is 1.92. The summed E-state index contributed by atoms with van der Waals surface area (Å²) in [6.45, 7) is 1.91. The molecule has 0 saturated carbocycles. The highest BCUT2D eigenvalue weighted by Gasteiger charge is 2.22. The molecule has 0 saturated heterocycles. The van der Waals surface area contributed by atoms with Gasteiger partial charge in [0.25, 0.3) is 0 Å². The van der Waals surface area contributed by atoms with Gasteiger partial charge in [0.2, 0.25) is 0 Å². The predicted molar refractivity (Wildman–Crippen MR) is 104 cm³/mol. The highest BCUT2D eigenvalue weighted by atomic mass is 32.2. The molecule has 0 aliphatic heterocycles. The average Bonchev–Trinajstić information content (AvgIpc) is 3.26. The van der Waals surface area contributed by atoms with Crippen LogP contribution in [0.2, 0.25) is 0 Å². The first-order valence-electron chi connectivity index (χ1n) is 8.37. The van der Waals surface area contributed by atoms with Crippen LogP contribution in [0.25, 0.3) is 22.3 Å². The summed E-state index contributed by atoms with van der Waals surface area (Å²) < 4.78 is 1.93. The highest BCUT2D eigenvalue weighted by Crippen LogP contribution is 2.29. The maximum absolute atomic E-state index is 12.9. The Labute approximate surface area is 155 Å². The van der Waals surface area contributed by atoms with Gasteiger partial charge >= 0.3 is 0 Å². The van der Waals surface area contributed by atoms with E-state index in [0.717, 1.165) is 27.4 Å². The number of hydrogen-bond acceptors (Lipinski definition) is 4. The van der Waals surface area contributed by atoms with E-state index in [1.807, 2.05) is 73.1 Å². The van der Waals surface area contributed by atoms with Crippen molar-refractivity contribution >= 4 is 28.4 Å². The molecule has 0 spiro atoms. The number of Topliss-reactive ketones (excluding diaryl/α,β-unsaturated/α-hetero) is 1. The van der Waals surface area contributed by atoms with Gasteiger partial charge in [-0.1, -0.05) is 60.3 Å². The number of nitrogens with one attached hydrogen (secondary N) is 1. The van der Waals surface area contributed by atoms with Crippen molar-refractivity contribution in [3.05, 3.63) is 66.4 Å². The number of hydrogen-bond donors (Lipinski definition) is 1. The van der Waals surface area contributed by atoms with Gasteiger partial charge in [-0.25, -0.2) is 0 Å². The molecule has 0 fully saturated rings. The van der Waals surface area contributed by atoms with Crippen LogP contribution in [0.5, 0.6) is 0 Å². The minimum Gasteiger partial charge on any atom is -0.360 e. The van der Waals surface area contributed by atoms with E-state index in [1.54, 1.807) is 6.20 Å². The Hall–Kier alpha value is -2.86. The molecule has 1 atom stereocenters. The van der Waals surface area contributed by atoms with Gasteiger partial charge in [-0.2, -0.15) is 0 Å². The van der Waals surface area contributed by atoms with E-state index in [1.165, 1.54) is 11.8 Å². The number of thioether (sulfide) groups is 1. The molecule has 0 aliphatic rings. The number of ketones is 1. The highest BCUT2D eigenvalue weighted by molar-refractivity contribution is 8.00. The molecule has 4 rings (SSSR count). The number of H-pyrrole nitrogens is 1. The Morgan fingerprint density at radius 2 is 1.81 bits per heavy atom. The molecule has 0 aliphatic carbocycles. The molecule has 130 valence electrons. The Kier molecular flexibility index (Phi) is 4.34. The zero-order valence-electron chi connectivity index (χ0n) is 14.5. The quantitative estimate of drug-likeness (QED) is 0.424. The third-order valence-electron chi connectivity index (χ3n) is 4.37. The van der Waals surface area contributed by atoms with Crippen molar-refractivity contribution in [3.8, 4) is 11.4 Å². The first kappa shape index (κ1) is 16.6. The lowest BCUT2D eigenvalue weighted by atomic mass is 10.1. The Balaban J connectivity index is 1.58. The van der Waals surface area contributed by atoms with E-state index >= 15 is 0 Å². The number of nitrogens with zero attached hydrogens (tertiary/aromatic N) is 3. The number of aromatic amines is 1. The van der Waals surface area contributed by atoms with Crippen LogP contribution >= 0.6 is 11.8 Å². The predicted octanol–water partition coefficient (Wildman–Crippen LogP) is 4.33. The van der Waals surface area contributed by atoms with Crippen LogP contribution in [-0.2, 0) is 7.05 Å². The minimum atomic E-state index is -0.263. The summed E-state index contributed by atoms with van der Waals surface area (Å²) in [6.07, 6.45) is 1.79. The summed E-state index contributed by atoms with van der Waals surface area (Å²) in [5.41, 5.74) is 2.69. The summed E-state index contributed by atoms with van der Waals surface area (Å²) in [5.74, 6) is 0.872. The van der Waals surface area contributed by atoms with Gasteiger partial charge in [0.1, 0.15) is 0 Å². The van der Waals surface area contributed by atoms with E-state index in [4.69, 9.17) is 0 Å². The Morgan fingerprint density at radius 3 is 2.62 bits per heavy atom. The van der Waals surface area contributed by atoms with E-state index in [0.29, 0.717) is 5.56 Å². The SMILES string of the molecule is CC(Sc1nnc(-c2ccccc2)n1C)C(=O)c1c[nH]c2ccccc12. The zero-order chi connectivity index (χ0) is 18.1. The van der Waals surface area contributed by atoms with E-state index in [-0.39, 0.29) is 11.0 Å². The smallest absolute Gasteiger partial charge is 0.191 e.